The Morgan fingerprint density at radius 2 is 1.90 bits per heavy atom. The average Bonchev–Trinajstić information content (AvgIpc) is 3.12. The summed E-state index contributed by atoms with van der Waals surface area (Å²) >= 11 is 5.86. The van der Waals surface area contributed by atoms with Crippen molar-refractivity contribution in [1.82, 2.24) is 20.2 Å². The molecule has 9 heteroatoms. The predicted molar refractivity (Wildman–Crippen MR) is 108 cm³/mol. The molecule has 2 aromatic carbocycles. The predicted octanol–water partition coefficient (Wildman–Crippen LogP) is 3.18. The third kappa shape index (κ3) is 5.39. The SMILES string of the molecule is Cc1ccc(NC(=O)[C@@H](C)OC(=O)Cn2nnc(-c3ccc(Cl)cc3)n2)c(C)c1. The average molecular weight is 414 g/mol. The first-order chi connectivity index (χ1) is 13.8. The zero-order valence-corrected chi connectivity index (χ0v) is 17.0. The molecule has 3 aromatic rings. The minimum absolute atomic E-state index is 0.262. The molecule has 0 aliphatic rings. The van der Waals surface area contributed by atoms with Crippen molar-refractivity contribution in [2.24, 2.45) is 0 Å². The number of ether oxygens (including phenoxy) is 1. The summed E-state index contributed by atoms with van der Waals surface area (Å²) < 4.78 is 5.19. The molecule has 1 amide bonds. The molecule has 29 heavy (non-hydrogen) atoms. The van der Waals surface area contributed by atoms with Gasteiger partial charge in [-0.15, -0.1) is 10.2 Å². The number of carbonyl (C=O) groups excluding carboxylic acids is 2. The highest BCUT2D eigenvalue weighted by Gasteiger charge is 2.19. The summed E-state index contributed by atoms with van der Waals surface area (Å²) in [4.78, 5) is 25.6. The van der Waals surface area contributed by atoms with E-state index in [2.05, 4.69) is 20.7 Å². The van der Waals surface area contributed by atoms with E-state index in [-0.39, 0.29) is 6.54 Å². The van der Waals surface area contributed by atoms with E-state index in [0.29, 0.717) is 16.5 Å². The Labute approximate surface area is 172 Å². The van der Waals surface area contributed by atoms with Crippen molar-refractivity contribution < 1.29 is 14.3 Å². The van der Waals surface area contributed by atoms with Gasteiger partial charge in [-0.1, -0.05) is 29.3 Å². The number of benzene rings is 2. The molecule has 0 aliphatic carbocycles. The second kappa shape index (κ2) is 8.83. The Balaban J connectivity index is 1.56. The highest BCUT2D eigenvalue weighted by molar-refractivity contribution is 6.30. The van der Waals surface area contributed by atoms with Crippen molar-refractivity contribution in [2.45, 2.75) is 33.4 Å². The van der Waals surface area contributed by atoms with Gasteiger partial charge in [0.2, 0.25) is 5.82 Å². The van der Waals surface area contributed by atoms with Crippen LogP contribution in [0, 0.1) is 13.8 Å². The molecule has 1 N–H and O–H groups in total. The van der Waals surface area contributed by atoms with Gasteiger partial charge in [0.25, 0.3) is 5.91 Å². The molecular formula is C20H20ClN5O3. The number of tetrazole rings is 1. The lowest BCUT2D eigenvalue weighted by atomic mass is 10.1. The largest absolute Gasteiger partial charge is 0.451 e. The van der Waals surface area contributed by atoms with E-state index in [1.54, 1.807) is 24.3 Å². The van der Waals surface area contributed by atoms with Crippen LogP contribution in [-0.4, -0.2) is 38.2 Å². The Hall–Kier alpha value is -3.26. The lowest BCUT2D eigenvalue weighted by molar-refractivity contribution is -0.154. The smallest absolute Gasteiger partial charge is 0.330 e. The number of hydrogen-bond acceptors (Lipinski definition) is 6. The molecule has 0 bridgehead atoms. The zero-order valence-electron chi connectivity index (χ0n) is 16.2. The van der Waals surface area contributed by atoms with Crippen molar-refractivity contribution in [1.29, 1.82) is 0 Å². The Kier molecular flexibility index (Phi) is 6.23. The molecule has 0 radical (unpaired) electrons. The summed E-state index contributed by atoms with van der Waals surface area (Å²) in [5.74, 6) is -0.706. The molecule has 0 saturated carbocycles. The van der Waals surface area contributed by atoms with E-state index in [1.165, 1.54) is 6.92 Å². The van der Waals surface area contributed by atoms with Crippen LogP contribution < -0.4 is 5.32 Å². The molecule has 3 rings (SSSR count). The maximum absolute atomic E-state index is 12.3. The van der Waals surface area contributed by atoms with Crippen LogP contribution in [0.25, 0.3) is 11.4 Å². The molecule has 0 aliphatic heterocycles. The number of nitrogens with one attached hydrogen (secondary N) is 1. The molecule has 0 spiro atoms. The van der Waals surface area contributed by atoms with Gasteiger partial charge in [0.1, 0.15) is 0 Å². The summed E-state index contributed by atoms with van der Waals surface area (Å²) in [6.45, 7) is 5.11. The van der Waals surface area contributed by atoms with E-state index in [9.17, 15) is 9.59 Å². The van der Waals surface area contributed by atoms with E-state index in [1.807, 2.05) is 32.0 Å². The third-order valence-corrected chi connectivity index (χ3v) is 4.39. The van der Waals surface area contributed by atoms with Crippen LogP contribution in [-0.2, 0) is 20.9 Å². The number of nitrogens with zero attached hydrogens (tertiary/aromatic N) is 4. The maximum Gasteiger partial charge on any atom is 0.330 e. The van der Waals surface area contributed by atoms with Crippen LogP contribution in [0.1, 0.15) is 18.1 Å². The van der Waals surface area contributed by atoms with E-state index >= 15 is 0 Å². The van der Waals surface area contributed by atoms with Crippen LogP contribution >= 0.6 is 11.6 Å². The Morgan fingerprint density at radius 1 is 1.17 bits per heavy atom. The third-order valence-electron chi connectivity index (χ3n) is 4.14. The van der Waals surface area contributed by atoms with Gasteiger partial charge in [0, 0.05) is 16.3 Å². The Morgan fingerprint density at radius 3 is 2.59 bits per heavy atom. The Bertz CT molecular complexity index is 1030. The molecule has 150 valence electrons. The fraction of sp³-hybridized carbons (Fsp3) is 0.250. The summed E-state index contributed by atoms with van der Waals surface area (Å²) in [6, 6.07) is 12.6. The van der Waals surface area contributed by atoms with Gasteiger partial charge in [0.15, 0.2) is 12.6 Å². The van der Waals surface area contributed by atoms with E-state index in [0.717, 1.165) is 21.5 Å². The number of aryl methyl sites for hydroxylation is 2. The van der Waals surface area contributed by atoms with Crippen LogP contribution in [0.15, 0.2) is 42.5 Å². The number of anilines is 1. The number of hydrogen-bond donors (Lipinski definition) is 1. The van der Waals surface area contributed by atoms with E-state index in [4.69, 9.17) is 16.3 Å². The quantitative estimate of drug-likeness (QED) is 0.623. The van der Waals surface area contributed by atoms with Gasteiger partial charge >= 0.3 is 5.97 Å². The van der Waals surface area contributed by atoms with Gasteiger partial charge in [-0.2, -0.15) is 4.80 Å². The number of esters is 1. The number of aromatic nitrogens is 4. The molecular weight excluding hydrogens is 394 g/mol. The minimum atomic E-state index is -0.970. The monoisotopic (exact) mass is 413 g/mol. The second-order valence-electron chi connectivity index (χ2n) is 6.59. The van der Waals surface area contributed by atoms with Crippen molar-refractivity contribution >= 4 is 29.2 Å². The maximum atomic E-state index is 12.3. The first kappa shape index (κ1) is 20.5. The van der Waals surface area contributed by atoms with Crippen LogP contribution in [0.2, 0.25) is 5.02 Å². The number of carbonyl (C=O) groups is 2. The molecule has 8 nitrogen and oxygen atoms in total. The van der Waals surface area contributed by atoms with E-state index < -0.39 is 18.0 Å². The lowest BCUT2D eigenvalue weighted by Crippen LogP contribution is -2.31. The minimum Gasteiger partial charge on any atom is -0.451 e. The van der Waals surface area contributed by atoms with Crippen molar-refractivity contribution in [3.8, 4) is 11.4 Å². The second-order valence-corrected chi connectivity index (χ2v) is 7.03. The van der Waals surface area contributed by atoms with Crippen molar-refractivity contribution in [3.05, 3.63) is 58.6 Å². The normalized spacial score (nSPS) is 11.7. The zero-order chi connectivity index (χ0) is 21.0. The standard InChI is InChI=1S/C20H20ClN5O3/c1-12-4-9-17(13(2)10-12)22-20(28)14(3)29-18(27)11-26-24-19(23-25-26)15-5-7-16(21)8-6-15/h4-10,14H,11H2,1-3H3,(H,22,28)/t14-/m1/s1. The van der Waals surface area contributed by atoms with Crippen molar-refractivity contribution in [3.63, 3.8) is 0 Å². The lowest BCUT2D eigenvalue weighted by Gasteiger charge is -2.14. The topological polar surface area (TPSA) is 99.0 Å². The van der Waals surface area contributed by atoms with Gasteiger partial charge in [-0.25, -0.2) is 4.79 Å². The number of halogens is 1. The highest BCUT2D eigenvalue weighted by atomic mass is 35.5. The molecule has 1 aromatic heterocycles. The first-order valence-electron chi connectivity index (χ1n) is 8.93. The summed E-state index contributed by atoms with van der Waals surface area (Å²) in [5.41, 5.74) is 3.42. The summed E-state index contributed by atoms with van der Waals surface area (Å²) in [5, 5.41) is 15.2. The molecule has 0 saturated heterocycles. The highest BCUT2D eigenvalue weighted by Crippen LogP contribution is 2.18. The van der Waals surface area contributed by atoms with Gasteiger partial charge in [0.05, 0.1) is 0 Å². The molecule has 1 heterocycles. The van der Waals surface area contributed by atoms with Crippen molar-refractivity contribution in [2.75, 3.05) is 5.32 Å². The molecule has 1 atom stereocenters. The number of amides is 1. The van der Waals surface area contributed by atoms with Gasteiger partial charge in [-0.05, 0) is 61.9 Å². The number of rotatable bonds is 6. The van der Waals surface area contributed by atoms with Gasteiger partial charge in [-0.3, -0.25) is 4.79 Å². The molecule has 0 unspecified atom stereocenters. The molecule has 0 fully saturated rings. The van der Waals surface area contributed by atoms with Gasteiger partial charge < -0.3 is 10.1 Å². The summed E-state index contributed by atoms with van der Waals surface area (Å²) in [7, 11) is 0. The van der Waals surface area contributed by atoms with Crippen LogP contribution in [0.3, 0.4) is 0 Å². The fourth-order valence-electron chi connectivity index (χ4n) is 2.62. The first-order valence-corrected chi connectivity index (χ1v) is 9.31. The van der Waals surface area contributed by atoms with Crippen LogP contribution in [0.4, 0.5) is 5.69 Å². The summed E-state index contributed by atoms with van der Waals surface area (Å²) in [6.07, 6.45) is -0.970. The fourth-order valence-corrected chi connectivity index (χ4v) is 2.74. The van der Waals surface area contributed by atoms with Crippen LogP contribution in [0.5, 0.6) is 0 Å².